The summed E-state index contributed by atoms with van der Waals surface area (Å²) in [6, 6.07) is 2.13. The molecule has 0 saturated carbocycles. The molecule has 1 unspecified atom stereocenters. The Bertz CT molecular complexity index is 577. The number of halogens is 2. The first-order valence-electron chi connectivity index (χ1n) is 6.68. The molecule has 0 aromatic carbocycles. The maximum Gasteiger partial charge on any atom is 0.130 e. The largest absolute Gasteiger partial charge is 0.309 e. The molecule has 0 spiro atoms. The summed E-state index contributed by atoms with van der Waals surface area (Å²) in [6.07, 6.45) is 1.89. The molecule has 0 saturated heterocycles. The number of hydrogen-bond donors (Lipinski definition) is 1. The number of aromatic nitrogens is 2. The van der Waals surface area contributed by atoms with E-state index in [1.807, 2.05) is 25.4 Å². The van der Waals surface area contributed by atoms with Gasteiger partial charge >= 0.3 is 0 Å². The number of hydrogen-bond acceptors (Lipinski definition) is 3. The first kappa shape index (κ1) is 15.8. The topological polar surface area (TPSA) is 29.9 Å². The predicted octanol–water partition coefficient (Wildman–Crippen LogP) is 4.38. The zero-order valence-electron chi connectivity index (χ0n) is 11.9. The molecule has 0 aliphatic heterocycles. The molecule has 0 aliphatic rings. The fourth-order valence-electron chi connectivity index (χ4n) is 2.24. The summed E-state index contributed by atoms with van der Waals surface area (Å²) in [5.41, 5.74) is 2.07. The van der Waals surface area contributed by atoms with E-state index in [0.717, 1.165) is 35.7 Å². The fraction of sp³-hybridized carbons (Fsp3) is 0.500. The second kappa shape index (κ2) is 6.94. The Morgan fingerprint density at radius 2 is 2.20 bits per heavy atom. The Morgan fingerprint density at radius 3 is 2.70 bits per heavy atom. The molecule has 0 radical (unpaired) electrons. The van der Waals surface area contributed by atoms with Crippen molar-refractivity contribution in [2.24, 2.45) is 7.05 Å². The highest BCUT2D eigenvalue weighted by molar-refractivity contribution is 7.10. The summed E-state index contributed by atoms with van der Waals surface area (Å²) >= 11 is 14.3. The summed E-state index contributed by atoms with van der Waals surface area (Å²) in [5, 5.41) is 11.5. The lowest BCUT2D eigenvalue weighted by atomic mass is 10.1. The average Bonchev–Trinajstić information content (AvgIpc) is 2.93. The van der Waals surface area contributed by atoms with Crippen molar-refractivity contribution in [1.82, 2.24) is 15.1 Å². The van der Waals surface area contributed by atoms with Crippen LogP contribution in [-0.4, -0.2) is 16.3 Å². The van der Waals surface area contributed by atoms with Crippen molar-refractivity contribution >= 4 is 34.5 Å². The summed E-state index contributed by atoms with van der Waals surface area (Å²) in [5.74, 6) is 0. The van der Waals surface area contributed by atoms with Crippen molar-refractivity contribution in [3.63, 3.8) is 0 Å². The van der Waals surface area contributed by atoms with Crippen LogP contribution in [0.25, 0.3) is 0 Å². The van der Waals surface area contributed by atoms with E-state index < -0.39 is 0 Å². The maximum atomic E-state index is 6.34. The third kappa shape index (κ3) is 3.37. The van der Waals surface area contributed by atoms with Gasteiger partial charge in [0.25, 0.3) is 0 Å². The molecule has 1 N–H and O–H groups in total. The maximum absolute atomic E-state index is 6.34. The first-order valence-corrected chi connectivity index (χ1v) is 8.32. The Hall–Kier alpha value is -0.550. The average molecular weight is 332 g/mol. The summed E-state index contributed by atoms with van der Waals surface area (Å²) in [4.78, 5) is 1.17. The number of nitrogens with one attached hydrogen (secondary N) is 1. The van der Waals surface area contributed by atoms with Gasteiger partial charge < -0.3 is 5.32 Å². The van der Waals surface area contributed by atoms with Crippen LogP contribution in [0, 0.1) is 6.92 Å². The van der Waals surface area contributed by atoms with Gasteiger partial charge in [-0.2, -0.15) is 5.10 Å². The molecule has 0 fully saturated rings. The Morgan fingerprint density at radius 1 is 1.45 bits per heavy atom. The van der Waals surface area contributed by atoms with E-state index in [1.165, 1.54) is 4.88 Å². The van der Waals surface area contributed by atoms with Gasteiger partial charge in [-0.25, -0.2) is 0 Å². The van der Waals surface area contributed by atoms with Crippen molar-refractivity contribution in [1.29, 1.82) is 0 Å². The van der Waals surface area contributed by atoms with E-state index in [1.54, 1.807) is 16.0 Å². The van der Waals surface area contributed by atoms with Crippen molar-refractivity contribution in [3.05, 3.63) is 37.8 Å². The molecule has 3 nitrogen and oxygen atoms in total. The van der Waals surface area contributed by atoms with Gasteiger partial charge in [-0.1, -0.05) is 30.1 Å². The number of rotatable bonds is 6. The molecular weight excluding hydrogens is 313 g/mol. The molecule has 0 amide bonds. The molecule has 0 aliphatic carbocycles. The lowest BCUT2D eigenvalue weighted by Gasteiger charge is -2.18. The minimum atomic E-state index is 0.183. The van der Waals surface area contributed by atoms with Crippen LogP contribution in [0.5, 0.6) is 0 Å². The highest BCUT2D eigenvalue weighted by Crippen LogP contribution is 2.33. The quantitative estimate of drug-likeness (QED) is 0.851. The van der Waals surface area contributed by atoms with Crippen LogP contribution in [0.4, 0.5) is 0 Å². The smallest absolute Gasteiger partial charge is 0.130 e. The second-order valence-electron chi connectivity index (χ2n) is 4.82. The molecule has 1 atom stereocenters. The van der Waals surface area contributed by atoms with Crippen LogP contribution in [0.3, 0.4) is 0 Å². The van der Waals surface area contributed by atoms with Crippen LogP contribution < -0.4 is 5.32 Å². The van der Waals surface area contributed by atoms with E-state index in [2.05, 4.69) is 17.3 Å². The normalized spacial score (nSPS) is 12.8. The van der Waals surface area contributed by atoms with Gasteiger partial charge in [0.1, 0.15) is 5.15 Å². The fourth-order valence-corrected chi connectivity index (χ4v) is 3.76. The number of thiophene rings is 1. The first-order chi connectivity index (χ1) is 9.54. The van der Waals surface area contributed by atoms with Crippen molar-refractivity contribution in [2.45, 2.75) is 32.7 Å². The molecule has 2 heterocycles. The molecule has 2 aromatic heterocycles. The van der Waals surface area contributed by atoms with E-state index in [4.69, 9.17) is 23.2 Å². The summed E-state index contributed by atoms with van der Waals surface area (Å²) < 4.78 is 1.72. The van der Waals surface area contributed by atoms with Crippen LogP contribution in [-0.2, 0) is 13.5 Å². The Balaban J connectivity index is 2.26. The molecule has 6 heteroatoms. The van der Waals surface area contributed by atoms with Crippen molar-refractivity contribution in [2.75, 3.05) is 6.54 Å². The lowest BCUT2D eigenvalue weighted by Crippen LogP contribution is -2.23. The van der Waals surface area contributed by atoms with Gasteiger partial charge in [0.2, 0.25) is 0 Å². The van der Waals surface area contributed by atoms with Gasteiger partial charge in [-0.05, 0) is 37.8 Å². The van der Waals surface area contributed by atoms with E-state index >= 15 is 0 Å². The van der Waals surface area contributed by atoms with Gasteiger partial charge in [-0.15, -0.1) is 11.3 Å². The number of aryl methyl sites for hydroxylation is 2. The zero-order chi connectivity index (χ0) is 14.7. The van der Waals surface area contributed by atoms with Crippen LogP contribution in [0.1, 0.15) is 35.5 Å². The van der Waals surface area contributed by atoms with Gasteiger partial charge in [-0.3, -0.25) is 4.68 Å². The van der Waals surface area contributed by atoms with Gasteiger partial charge in [0, 0.05) is 23.5 Å². The lowest BCUT2D eigenvalue weighted by molar-refractivity contribution is 0.536. The van der Waals surface area contributed by atoms with Gasteiger partial charge in [0.05, 0.1) is 10.7 Å². The molecule has 20 heavy (non-hydrogen) atoms. The highest BCUT2D eigenvalue weighted by atomic mass is 35.5. The van der Waals surface area contributed by atoms with E-state index in [0.29, 0.717) is 5.15 Å². The SMILES string of the molecule is CCCNC(Cc1c(C)nn(C)c1Cl)c1sccc1Cl. The van der Waals surface area contributed by atoms with Crippen molar-refractivity contribution < 1.29 is 0 Å². The molecule has 0 bridgehead atoms. The van der Waals surface area contributed by atoms with Crippen LogP contribution in [0.15, 0.2) is 11.4 Å². The Kier molecular flexibility index (Phi) is 5.49. The highest BCUT2D eigenvalue weighted by Gasteiger charge is 2.21. The Labute approximate surface area is 133 Å². The van der Waals surface area contributed by atoms with Crippen LogP contribution >= 0.6 is 34.5 Å². The summed E-state index contributed by atoms with van der Waals surface area (Å²) in [6.45, 7) is 5.10. The van der Waals surface area contributed by atoms with Crippen LogP contribution in [0.2, 0.25) is 10.2 Å². The monoisotopic (exact) mass is 331 g/mol. The minimum Gasteiger partial charge on any atom is -0.309 e. The summed E-state index contributed by atoms with van der Waals surface area (Å²) in [7, 11) is 1.87. The number of nitrogens with zero attached hydrogens (tertiary/aromatic N) is 2. The third-order valence-corrected chi connectivity index (χ3v) is 5.23. The van der Waals surface area contributed by atoms with Crippen molar-refractivity contribution in [3.8, 4) is 0 Å². The van der Waals surface area contributed by atoms with E-state index in [-0.39, 0.29) is 6.04 Å². The molecule has 110 valence electrons. The predicted molar refractivity (Wildman–Crippen MR) is 87.0 cm³/mol. The molecule has 2 rings (SSSR count). The zero-order valence-corrected chi connectivity index (χ0v) is 14.2. The molecule has 2 aromatic rings. The standard InChI is InChI=1S/C14H19Cl2N3S/c1-4-6-17-12(13-11(15)5-7-20-13)8-10-9(2)18-19(3)14(10)16/h5,7,12,17H,4,6,8H2,1-3H3. The third-order valence-electron chi connectivity index (χ3n) is 3.28. The minimum absolute atomic E-state index is 0.183. The van der Waals surface area contributed by atoms with Gasteiger partial charge in [0.15, 0.2) is 0 Å². The van der Waals surface area contributed by atoms with E-state index in [9.17, 15) is 0 Å². The molecular formula is C14H19Cl2N3S. The second-order valence-corrected chi connectivity index (χ2v) is 6.53.